The van der Waals surface area contributed by atoms with Gasteiger partial charge in [0.05, 0.1) is 5.41 Å². The molecule has 0 unspecified atom stereocenters. The molecule has 0 spiro atoms. The lowest BCUT2D eigenvalue weighted by atomic mass is 9.93. The van der Waals surface area contributed by atoms with Crippen LogP contribution in [0.15, 0.2) is 18.2 Å². The summed E-state index contributed by atoms with van der Waals surface area (Å²) in [6, 6.07) is 7.03. The van der Waals surface area contributed by atoms with Crippen molar-refractivity contribution in [1.82, 2.24) is 0 Å². The Kier molecular flexibility index (Phi) is 7.82. The monoisotopic (exact) mass is 398 g/mol. The highest BCUT2D eigenvalue weighted by atomic mass is 16.4. The highest BCUT2D eigenvalue weighted by molar-refractivity contribution is 5.77. The molecule has 2 aliphatic carbocycles. The van der Waals surface area contributed by atoms with E-state index in [4.69, 9.17) is 0 Å². The van der Waals surface area contributed by atoms with E-state index in [0.717, 1.165) is 31.1 Å². The van der Waals surface area contributed by atoms with Gasteiger partial charge in [0.15, 0.2) is 0 Å². The SMILES string of the molecule is Cc1ccc(CCCCCCC2(C)CC2)c(CCCCCCC2(C(=O)O)CC2)c1. The summed E-state index contributed by atoms with van der Waals surface area (Å²) in [5, 5.41) is 9.27. The molecule has 0 bridgehead atoms. The maximum Gasteiger partial charge on any atom is 0.309 e. The topological polar surface area (TPSA) is 37.3 Å². The number of hydrogen-bond acceptors (Lipinski definition) is 1. The second-order valence-corrected chi connectivity index (χ2v) is 10.5. The zero-order valence-corrected chi connectivity index (χ0v) is 18.9. The molecule has 2 nitrogen and oxygen atoms in total. The number of hydrogen-bond donors (Lipinski definition) is 1. The minimum Gasteiger partial charge on any atom is -0.481 e. The lowest BCUT2D eigenvalue weighted by Gasteiger charge is -2.12. The van der Waals surface area contributed by atoms with Crippen LogP contribution in [0.3, 0.4) is 0 Å². The molecule has 1 N–H and O–H groups in total. The van der Waals surface area contributed by atoms with Gasteiger partial charge in [0.2, 0.25) is 0 Å². The maximum absolute atomic E-state index is 11.2. The van der Waals surface area contributed by atoms with Gasteiger partial charge >= 0.3 is 5.97 Å². The Labute approximate surface area is 178 Å². The molecule has 0 saturated heterocycles. The standard InChI is InChI=1S/C27H42O2/c1-22-13-14-23(11-7-3-5-9-15-26(2)17-18-26)24(21-22)12-8-4-6-10-16-27(19-20-27)25(28)29/h13-14,21H,3-12,15-20H2,1-2H3,(H,28,29). The van der Waals surface area contributed by atoms with Gasteiger partial charge in [0.25, 0.3) is 0 Å². The maximum atomic E-state index is 11.2. The normalized spacial score (nSPS) is 18.6. The molecule has 1 aromatic rings. The summed E-state index contributed by atoms with van der Waals surface area (Å²) < 4.78 is 0. The largest absolute Gasteiger partial charge is 0.481 e. The summed E-state index contributed by atoms with van der Waals surface area (Å²) in [4.78, 5) is 11.2. The van der Waals surface area contributed by atoms with E-state index in [1.165, 1.54) is 82.6 Å². The van der Waals surface area contributed by atoms with Crippen molar-refractivity contribution in [1.29, 1.82) is 0 Å². The van der Waals surface area contributed by atoms with Crippen LogP contribution in [-0.4, -0.2) is 11.1 Å². The lowest BCUT2D eigenvalue weighted by Crippen LogP contribution is -2.14. The van der Waals surface area contributed by atoms with Gasteiger partial charge in [-0.25, -0.2) is 0 Å². The van der Waals surface area contributed by atoms with Gasteiger partial charge in [-0.3, -0.25) is 4.79 Å². The first-order chi connectivity index (χ1) is 13.9. The average Bonchev–Trinajstić information content (AvgIpc) is 3.60. The fourth-order valence-corrected chi connectivity index (χ4v) is 4.77. The molecule has 0 atom stereocenters. The molecule has 0 amide bonds. The Morgan fingerprint density at radius 1 is 0.828 bits per heavy atom. The molecular weight excluding hydrogens is 356 g/mol. The first-order valence-electron chi connectivity index (χ1n) is 12.2. The number of carboxylic acids is 1. The van der Waals surface area contributed by atoms with Crippen LogP contribution in [0.2, 0.25) is 0 Å². The van der Waals surface area contributed by atoms with Crippen molar-refractivity contribution in [3.05, 3.63) is 34.9 Å². The van der Waals surface area contributed by atoms with Crippen molar-refractivity contribution in [2.24, 2.45) is 10.8 Å². The van der Waals surface area contributed by atoms with E-state index >= 15 is 0 Å². The Morgan fingerprint density at radius 3 is 2.00 bits per heavy atom. The van der Waals surface area contributed by atoms with Crippen molar-refractivity contribution in [3.63, 3.8) is 0 Å². The van der Waals surface area contributed by atoms with E-state index in [1.807, 2.05) is 0 Å². The van der Waals surface area contributed by atoms with Crippen LogP contribution in [0.5, 0.6) is 0 Å². The average molecular weight is 399 g/mol. The van der Waals surface area contributed by atoms with E-state index in [2.05, 4.69) is 32.0 Å². The van der Waals surface area contributed by atoms with Crippen LogP contribution >= 0.6 is 0 Å². The molecule has 2 heteroatoms. The third kappa shape index (κ3) is 7.15. The van der Waals surface area contributed by atoms with Gasteiger partial charge in [-0.15, -0.1) is 0 Å². The van der Waals surface area contributed by atoms with Crippen molar-refractivity contribution >= 4 is 5.97 Å². The summed E-state index contributed by atoms with van der Waals surface area (Å²) in [5.74, 6) is -0.566. The van der Waals surface area contributed by atoms with Crippen LogP contribution in [-0.2, 0) is 17.6 Å². The van der Waals surface area contributed by atoms with E-state index in [-0.39, 0.29) is 5.41 Å². The van der Waals surface area contributed by atoms with Crippen LogP contribution in [0.25, 0.3) is 0 Å². The first-order valence-corrected chi connectivity index (χ1v) is 12.2. The number of unbranched alkanes of at least 4 members (excludes halogenated alkanes) is 6. The fraction of sp³-hybridized carbons (Fsp3) is 0.741. The summed E-state index contributed by atoms with van der Waals surface area (Å²) >= 11 is 0. The molecule has 29 heavy (non-hydrogen) atoms. The zero-order valence-electron chi connectivity index (χ0n) is 18.9. The number of carboxylic acid groups (broad SMARTS) is 1. The minimum atomic E-state index is -0.566. The highest BCUT2D eigenvalue weighted by Crippen LogP contribution is 2.50. The van der Waals surface area contributed by atoms with E-state index in [1.54, 1.807) is 11.1 Å². The van der Waals surface area contributed by atoms with Gasteiger partial charge in [-0.05, 0) is 87.7 Å². The Hall–Kier alpha value is -1.31. The van der Waals surface area contributed by atoms with Gasteiger partial charge < -0.3 is 5.11 Å². The summed E-state index contributed by atoms with van der Waals surface area (Å²) in [5.41, 5.74) is 4.88. The Morgan fingerprint density at radius 2 is 1.41 bits per heavy atom. The summed E-state index contributed by atoms with van der Waals surface area (Å²) in [6.07, 6.45) is 19.7. The van der Waals surface area contributed by atoms with E-state index in [9.17, 15) is 9.90 Å². The number of benzene rings is 1. The van der Waals surface area contributed by atoms with Gasteiger partial charge in [-0.1, -0.05) is 69.2 Å². The molecule has 2 fully saturated rings. The second kappa shape index (κ2) is 10.1. The zero-order chi connectivity index (χ0) is 20.7. The smallest absolute Gasteiger partial charge is 0.309 e. The van der Waals surface area contributed by atoms with Gasteiger partial charge in [0, 0.05) is 0 Å². The molecule has 1 aromatic carbocycles. The molecule has 0 radical (unpaired) electrons. The quantitative estimate of drug-likeness (QED) is 0.308. The van der Waals surface area contributed by atoms with E-state index in [0.29, 0.717) is 0 Å². The predicted molar refractivity (Wildman–Crippen MR) is 121 cm³/mol. The third-order valence-electron chi connectivity index (χ3n) is 7.60. The summed E-state index contributed by atoms with van der Waals surface area (Å²) in [7, 11) is 0. The number of carbonyl (C=O) groups is 1. The Bertz CT molecular complexity index is 667. The van der Waals surface area contributed by atoms with Crippen molar-refractivity contribution in [2.45, 2.75) is 117 Å². The first kappa shape index (κ1) is 22.4. The molecule has 2 aliphatic rings. The number of aliphatic carboxylic acids is 1. The van der Waals surface area contributed by atoms with Crippen molar-refractivity contribution in [3.8, 4) is 0 Å². The highest BCUT2D eigenvalue weighted by Gasteiger charge is 2.49. The molecule has 162 valence electrons. The van der Waals surface area contributed by atoms with Crippen LogP contribution < -0.4 is 0 Å². The van der Waals surface area contributed by atoms with Gasteiger partial charge in [-0.2, -0.15) is 0 Å². The van der Waals surface area contributed by atoms with Crippen molar-refractivity contribution in [2.75, 3.05) is 0 Å². The molecular formula is C27H42O2. The van der Waals surface area contributed by atoms with Crippen LogP contribution in [0.4, 0.5) is 0 Å². The second-order valence-electron chi connectivity index (χ2n) is 10.5. The molecule has 0 aliphatic heterocycles. The molecule has 3 rings (SSSR count). The summed E-state index contributed by atoms with van der Waals surface area (Å²) in [6.45, 7) is 4.65. The fourth-order valence-electron chi connectivity index (χ4n) is 4.77. The number of rotatable bonds is 15. The third-order valence-corrected chi connectivity index (χ3v) is 7.60. The minimum absolute atomic E-state index is 0.333. The molecule has 0 heterocycles. The Balaban J connectivity index is 1.31. The number of aryl methyl sites for hydroxylation is 3. The predicted octanol–water partition coefficient (Wildman–Crippen LogP) is 7.65. The van der Waals surface area contributed by atoms with Gasteiger partial charge in [0.1, 0.15) is 0 Å². The lowest BCUT2D eigenvalue weighted by molar-refractivity contribution is -0.143. The van der Waals surface area contributed by atoms with Crippen LogP contribution in [0, 0.1) is 17.8 Å². The molecule has 0 aromatic heterocycles. The van der Waals surface area contributed by atoms with Crippen molar-refractivity contribution < 1.29 is 9.90 Å². The van der Waals surface area contributed by atoms with E-state index < -0.39 is 5.97 Å². The molecule has 2 saturated carbocycles. The van der Waals surface area contributed by atoms with Crippen LogP contribution in [0.1, 0.15) is 114 Å².